The van der Waals surface area contributed by atoms with E-state index >= 15 is 0 Å². The summed E-state index contributed by atoms with van der Waals surface area (Å²) >= 11 is 0. The Morgan fingerprint density at radius 2 is 2.00 bits per heavy atom. The number of ether oxygens (including phenoxy) is 1. The van der Waals surface area contributed by atoms with Gasteiger partial charge in [0.25, 0.3) is 0 Å². The van der Waals surface area contributed by atoms with Crippen LogP contribution in [0.25, 0.3) is 0 Å². The van der Waals surface area contributed by atoms with Crippen molar-refractivity contribution < 1.29 is 9.84 Å². The minimum absolute atomic E-state index is 0.331. The SMILES string of the molecule is CCOC(C)CCCC(C)(C)O. The average Bonchev–Trinajstić information content (AvgIpc) is 1.84. The maximum absolute atomic E-state index is 9.42. The molecule has 0 spiro atoms. The lowest BCUT2D eigenvalue weighted by molar-refractivity contribution is 0.0460. The summed E-state index contributed by atoms with van der Waals surface area (Å²) in [6.07, 6.45) is 3.25. The maximum atomic E-state index is 9.42. The molecule has 1 unspecified atom stereocenters. The van der Waals surface area contributed by atoms with Gasteiger partial charge in [-0.25, -0.2) is 0 Å². The van der Waals surface area contributed by atoms with E-state index in [2.05, 4.69) is 6.92 Å². The van der Waals surface area contributed by atoms with Crippen LogP contribution in [-0.2, 0) is 4.74 Å². The van der Waals surface area contributed by atoms with E-state index in [0.29, 0.717) is 6.10 Å². The first-order chi connectivity index (χ1) is 5.45. The number of hydrogen-bond donors (Lipinski definition) is 1. The Labute approximate surface area is 75.9 Å². The van der Waals surface area contributed by atoms with Gasteiger partial charge in [0, 0.05) is 6.61 Å². The highest BCUT2D eigenvalue weighted by Gasteiger charge is 2.12. The molecule has 0 heterocycles. The van der Waals surface area contributed by atoms with Crippen molar-refractivity contribution >= 4 is 0 Å². The van der Waals surface area contributed by atoms with Gasteiger partial charge in [0.2, 0.25) is 0 Å². The summed E-state index contributed by atoms with van der Waals surface area (Å²) in [6, 6.07) is 0. The van der Waals surface area contributed by atoms with Gasteiger partial charge in [-0.05, 0) is 47.0 Å². The van der Waals surface area contributed by atoms with E-state index in [1.807, 2.05) is 20.8 Å². The third-order valence-corrected chi connectivity index (χ3v) is 1.85. The van der Waals surface area contributed by atoms with Crippen molar-refractivity contribution in [2.75, 3.05) is 6.61 Å². The maximum Gasteiger partial charge on any atom is 0.0591 e. The van der Waals surface area contributed by atoms with E-state index in [9.17, 15) is 5.11 Å². The van der Waals surface area contributed by atoms with Gasteiger partial charge in [0.15, 0.2) is 0 Å². The van der Waals surface area contributed by atoms with Crippen LogP contribution in [0.3, 0.4) is 0 Å². The monoisotopic (exact) mass is 174 g/mol. The third-order valence-electron chi connectivity index (χ3n) is 1.85. The smallest absolute Gasteiger partial charge is 0.0591 e. The number of hydrogen-bond acceptors (Lipinski definition) is 2. The van der Waals surface area contributed by atoms with E-state index in [4.69, 9.17) is 4.74 Å². The Hall–Kier alpha value is -0.0800. The molecule has 0 aromatic rings. The van der Waals surface area contributed by atoms with E-state index in [0.717, 1.165) is 25.9 Å². The lowest BCUT2D eigenvalue weighted by atomic mass is 10.0. The van der Waals surface area contributed by atoms with Crippen LogP contribution in [-0.4, -0.2) is 23.4 Å². The Bertz CT molecular complexity index is 105. The molecule has 0 aromatic heterocycles. The van der Waals surface area contributed by atoms with Crippen LogP contribution in [0.15, 0.2) is 0 Å². The molecule has 0 aromatic carbocycles. The molecule has 2 heteroatoms. The second kappa shape index (κ2) is 5.55. The van der Waals surface area contributed by atoms with Gasteiger partial charge < -0.3 is 9.84 Å². The molecule has 0 aliphatic heterocycles. The van der Waals surface area contributed by atoms with Crippen molar-refractivity contribution in [1.82, 2.24) is 0 Å². The summed E-state index contributed by atoms with van der Waals surface area (Å²) in [5.41, 5.74) is -0.522. The zero-order chi connectivity index (χ0) is 9.61. The molecule has 0 radical (unpaired) electrons. The average molecular weight is 174 g/mol. The molecule has 74 valence electrons. The van der Waals surface area contributed by atoms with Crippen LogP contribution in [0.1, 0.15) is 47.0 Å². The fourth-order valence-corrected chi connectivity index (χ4v) is 1.19. The molecule has 0 rings (SSSR count). The normalized spacial score (nSPS) is 14.8. The molecule has 0 saturated heterocycles. The number of rotatable bonds is 6. The molecule has 0 bridgehead atoms. The van der Waals surface area contributed by atoms with Crippen LogP contribution in [0.2, 0.25) is 0 Å². The zero-order valence-electron chi connectivity index (χ0n) is 8.76. The van der Waals surface area contributed by atoms with Crippen LogP contribution in [0, 0.1) is 0 Å². The van der Waals surface area contributed by atoms with E-state index < -0.39 is 5.60 Å². The predicted molar refractivity (Wildman–Crippen MR) is 51.2 cm³/mol. The summed E-state index contributed by atoms with van der Waals surface area (Å²) in [5, 5.41) is 9.42. The molecule has 0 amide bonds. The molecule has 1 N–H and O–H groups in total. The lowest BCUT2D eigenvalue weighted by Crippen LogP contribution is -2.19. The summed E-state index contributed by atoms with van der Waals surface area (Å²) < 4.78 is 5.37. The first-order valence-electron chi connectivity index (χ1n) is 4.79. The Morgan fingerprint density at radius 1 is 1.42 bits per heavy atom. The largest absolute Gasteiger partial charge is 0.390 e. The standard InChI is InChI=1S/C10H22O2/c1-5-12-9(2)7-6-8-10(3,4)11/h9,11H,5-8H2,1-4H3. The summed E-state index contributed by atoms with van der Waals surface area (Å²) in [7, 11) is 0. The van der Waals surface area contributed by atoms with Crippen molar-refractivity contribution in [3.63, 3.8) is 0 Å². The van der Waals surface area contributed by atoms with Gasteiger partial charge in [-0.2, -0.15) is 0 Å². The molecular weight excluding hydrogens is 152 g/mol. The molecule has 12 heavy (non-hydrogen) atoms. The predicted octanol–water partition coefficient (Wildman–Crippen LogP) is 2.35. The molecule has 0 aliphatic carbocycles. The van der Waals surface area contributed by atoms with Crippen molar-refractivity contribution in [2.45, 2.75) is 58.7 Å². The van der Waals surface area contributed by atoms with Gasteiger partial charge in [-0.3, -0.25) is 0 Å². The quantitative estimate of drug-likeness (QED) is 0.669. The first-order valence-corrected chi connectivity index (χ1v) is 4.79. The van der Waals surface area contributed by atoms with Crippen LogP contribution in [0.4, 0.5) is 0 Å². The van der Waals surface area contributed by atoms with Crippen molar-refractivity contribution in [2.24, 2.45) is 0 Å². The number of aliphatic hydroxyl groups is 1. The molecule has 0 fully saturated rings. The molecule has 0 aliphatic rings. The van der Waals surface area contributed by atoms with Gasteiger partial charge in [-0.1, -0.05) is 0 Å². The van der Waals surface area contributed by atoms with Crippen LogP contribution >= 0.6 is 0 Å². The summed E-state index contributed by atoms with van der Waals surface area (Å²) in [4.78, 5) is 0. The van der Waals surface area contributed by atoms with Crippen molar-refractivity contribution in [3.05, 3.63) is 0 Å². The second-order valence-corrected chi connectivity index (χ2v) is 3.97. The van der Waals surface area contributed by atoms with Gasteiger partial charge in [0.05, 0.1) is 11.7 Å². The molecule has 0 saturated carbocycles. The van der Waals surface area contributed by atoms with Crippen LogP contribution < -0.4 is 0 Å². The fourth-order valence-electron chi connectivity index (χ4n) is 1.19. The first kappa shape index (κ1) is 11.9. The van der Waals surface area contributed by atoms with E-state index in [1.54, 1.807) is 0 Å². The minimum atomic E-state index is -0.522. The zero-order valence-corrected chi connectivity index (χ0v) is 8.76. The van der Waals surface area contributed by atoms with Crippen molar-refractivity contribution in [1.29, 1.82) is 0 Å². The summed E-state index contributed by atoms with van der Waals surface area (Å²) in [5.74, 6) is 0. The summed E-state index contributed by atoms with van der Waals surface area (Å²) in [6.45, 7) is 8.56. The van der Waals surface area contributed by atoms with E-state index in [1.165, 1.54) is 0 Å². The Kier molecular flexibility index (Phi) is 5.51. The topological polar surface area (TPSA) is 29.5 Å². The van der Waals surface area contributed by atoms with Crippen LogP contribution in [0.5, 0.6) is 0 Å². The highest BCUT2D eigenvalue weighted by Crippen LogP contribution is 2.13. The van der Waals surface area contributed by atoms with E-state index in [-0.39, 0.29) is 0 Å². The minimum Gasteiger partial charge on any atom is -0.390 e. The Morgan fingerprint density at radius 3 is 2.42 bits per heavy atom. The molecule has 2 nitrogen and oxygen atoms in total. The van der Waals surface area contributed by atoms with Crippen molar-refractivity contribution in [3.8, 4) is 0 Å². The molecule has 1 atom stereocenters. The highest BCUT2D eigenvalue weighted by atomic mass is 16.5. The second-order valence-electron chi connectivity index (χ2n) is 3.97. The van der Waals surface area contributed by atoms with Gasteiger partial charge in [-0.15, -0.1) is 0 Å². The third kappa shape index (κ3) is 8.02. The van der Waals surface area contributed by atoms with Gasteiger partial charge >= 0.3 is 0 Å². The highest BCUT2D eigenvalue weighted by molar-refractivity contribution is 4.65. The lowest BCUT2D eigenvalue weighted by Gasteiger charge is -2.18. The molecular formula is C10H22O2. The fraction of sp³-hybridized carbons (Fsp3) is 1.00. The Balaban J connectivity index is 3.31. The van der Waals surface area contributed by atoms with Gasteiger partial charge in [0.1, 0.15) is 0 Å².